The summed E-state index contributed by atoms with van der Waals surface area (Å²) in [6.45, 7) is 0. The number of fused-ring (bicyclic) bond motifs is 1. The fourth-order valence-electron chi connectivity index (χ4n) is 5.28. The molecule has 0 saturated carbocycles. The van der Waals surface area contributed by atoms with Gasteiger partial charge in [0, 0.05) is 11.3 Å². The Bertz CT molecular complexity index is 1830. The normalized spacial score (nSPS) is 11.1. The molecule has 0 fully saturated rings. The summed E-state index contributed by atoms with van der Waals surface area (Å²) in [7, 11) is 0. The van der Waals surface area contributed by atoms with E-state index in [1.54, 1.807) is 0 Å². The van der Waals surface area contributed by atoms with Crippen LogP contribution in [0.25, 0.3) is 61.5 Å². The summed E-state index contributed by atoms with van der Waals surface area (Å²) >= 11 is 0. The second kappa shape index (κ2) is 9.92. The zero-order chi connectivity index (χ0) is 26.0. The molecule has 0 radical (unpaired) electrons. The van der Waals surface area contributed by atoms with Crippen LogP contribution in [0.1, 0.15) is 0 Å². The molecule has 7 aromatic rings. The van der Waals surface area contributed by atoms with Gasteiger partial charge in [-0.1, -0.05) is 115 Å². The maximum Gasteiger partial charge on any atom is 0.145 e. The van der Waals surface area contributed by atoms with E-state index in [1.165, 1.54) is 33.4 Å². The number of para-hydroxylation sites is 2. The predicted octanol–water partition coefficient (Wildman–Crippen LogP) is 9.69. The molecule has 0 aliphatic heterocycles. The lowest BCUT2D eigenvalue weighted by molar-refractivity contribution is 1.10. The maximum absolute atomic E-state index is 5.03. The lowest BCUT2D eigenvalue weighted by atomic mass is 9.93. The van der Waals surface area contributed by atoms with Crippen molar-refractivity contribution < 1.29 is 0 Å². The molecule has 0 amide bonds. The highest BCUT2D eigenvalue weighted by Crippen LogP contribution is 2.35. The average molecular weight is 499 g/mol. The monoisotopic (exact) mass is 498 g/mol. The number of hydrogen-bond donors (Lipinski definition) is 0. The van der Waals surface area contributed by atoms with E-state index in [4.69, 9.17) is 4.98 Å². The van der Waals surface area contributed by atoms with E-state index in [-0.39, 0.29) is 0 Å². The lowest BCUT2D eigenvalue weighted by Crippen LogP contribution is -1.98. The average Bonchev–Trinajstić information content (AvgIpc) is 3.42. The quantitative estimate of drug-likeness (QED) is 0.231. The number of hydrogen-bond acceptors (Lipinski definition) is 1. The van der Waals surface area contributed by atoms with Crippen molar-refractivity contribution in [2.45, 2.75) is 0 Å². The van der Waals surface area contributed by atoms with Gasteiger partial charge in [-0.15, -0.1) is 0 Å². The largest absolute Gasteiger partial charge is 0.292 e. The van der Waals surface area contributed by atoms with Crippen molar-refractivity contribution in [1.29, 1.82) is 0 Å². The Hall–Kier alpha value is -5.21. The fraction of sp³-hybridized carbons (Fsp3) is 0. The molecule has 0 unspecified atom stereocenters. The molecule has 0 aliphatic carbocycles. The molecule has 2 nitrogen and oxygen atoms in total. The summed E-state index contributed by atoms with van der Waals surface area (Å²) in [4.78, 5) is 5.03. The van der Waals surface area contributed by atoms with Crippen LogP contribution in [0.3, 0.4) is 0 Å². The molecular weight excluding hydrogens is 472 g/mol. The van der Waals surface area contributed by atoms with Crippen LogP contribution in [-0.4, -0.2) is 9.55 Å². The van der Waals surface area contributed by atoms with Crippen LogP contribution in [-0.2, 0) is 0 Å². The van der Waals surface area contributed by atoms with Gasteiger partial charge in [0.15, 0.2) is 0 Å². The second-order valence-electron chi connectivity index (χ2n) is 9.71. The molecule has 0 bridgehead atoms. The molecule has 39 heavy (non-hydrogen) atoms. The van der Waals surface area contributed by atoms with E-state index in [0.29, 0.717) is 0 Å². The molecule has 1 aromatic heterocycles. The highest BCUT2D eigenvalue weighted by atomic mass is 15.1. The molecule has 1 heterocycles. The van der Waals surface area contributed by atoms with Crippen LogP contribution < -0.4 is 0 Å². The van der Waals surface area contributed by atoms with Gasteiger partial charge in [-0.05, 0) is 75.8 Å². The summed E-state index contributed by atoms with van der Waals surface area (Å²) in [5, 5.41) is 0. The van der Waals surface area contributed by atoms with E-state index in [0.717, 1.165) is 28.1 Å². The van der Waals surface area contributed by atoms with Crippen LogP contribution in [0.5, 0.6) is 0 Å². The van der Waals surface area contributed by atoms with E-state index >= 15 is 0 Å². The van der Waals surface area contributed by atoms with Gasteiger partial charge in [-0.2, -0.15) is 0 Å². The van der Waals surface area contributed by atoms with Crippen molar-refractivity contribution in [2.24, 2.45) is 0 Å². The van der Waals surface area contributed by atoms with Crippen LogP contribution in [0.15, 0.2) is 158 Å². The van der Waals surface area contributed by atoms with Gasteiger partial charge in [0.05, 0.1) is 11.0 Å². The van der Waals surface area contributed by atoms with Crippen molar-refractivity contribution in [3.8, 4) is 50.5 Å². The van der Waals surface area contributed by atoms with Crippen LogP contribution in [0, 0.1) is 0 Å². The number of benzene rings is 6. The van der Waals surface area contributed by atoms with E-state index in [1.807, 2.05) is 12.1 Å². The molecule has 6 aromatic carbocycles. The van der Waals surface area contributed by atoms with E-state index in [9.17, 15) is 0 Å². The molecule has 2 heteroatoms. The van der Waals surface area contributed by atoms with Gasteiger partial charge in [0.1, 0.15) is 5.82 Å². The summed E-state index contributed by atoms with van der Waals surface area (Å²) in [5.41, 5.74) is 11.4. The number of nitrogens with zero attached hydrogens (tertiary/aromatic N) is 2. The maximum atomic E-state index is 5.03. The third-order valence-electron chi connectivity index (χ3n) is 7.18. The topological polar surface area (TPSA) is 17.8 Å². The van der Waals surface area contributed by atoms with Gasteiger partial charge in [0.2, 0.25) is 0 Å². The van der Waals surface area contributed by atoms with Crippen LogP contribution in [0.4, 0.5) is 0 Å². The number of imidazole rings is 1. The third kappa shape index (κ3) is 4.43. The Balaban J connectivity index is 1.42. The third-order valence-corrected chi connectivity index (χ3v) is 7.18. The summed E-state index contributed by atoms with van der Waals surface area (Å²) in [5.74, 6) is 0.942. The summed E-state index contributed by atoms with van der Waals surface area (Å²) in [6.07, 6.45) is 0. The van der Waals surface area contributed by atoms with Gasteiger partial charge in [-0.25, -0.2) is 4.98 Å². The smallest absolute Gasteiger partial charge is 0.145 e. The van der Waals surface area contributed by atoms with Gasteiger partial charge >= 0.3 is 0 Å². The van der Waals surface area contributed by atoms with E-state index in [2.05, 4.69) is 150 Å². The van der Waals surface area contributed by atoms with Crippen LogP contribution in [0.2, 0.25) is 0 Å². The van der Waals surface area contributed by atoms with Crippen molar-refractivity contribution >= 4 is 11.0 Å². The predicted molar refractivity (Wildman–Crippen MR) is 163 cm³/mol. The summed E-state index contributed by atoms with van der Waals surface area (Å²) < 4.78 is 2.27. The Kier molecular flexibility index (Phi) is 5.84. The molecule has 0 aliphatic rings. The van der Waals surface area contributed by atoms with Gasteiger partial charge in [0.25, 0.3) is 0 Å². The van der Waals surface area contributed by atoms with Crippen molar-refractivity contribution in [3.63, 3.8) is 0 Å². The molecule has 184 valence electrons. The first-order chi connectivity index (χ1) is 19.3. The van der Waals surface area contributed by atoms with E-state index < -0.39 is 0 Å². The first kappa shape index (κ1) is 22.9. The van der Waals surface area contributed by atoms with Crippen molar-refractivity contribution in [2.75, 3.05) is 0 Å². The van der Waals surface area contributed by atoms with Gasteiger partial charge in [-0.3, -0.25) is 4.57 Å². The number of aromatic nitrogens is 2. The Morgan fingerprint density at radius 2 is 0.846 bits per heavy atom. The summed E-state index contributed by atoms with van der Waals surface area (Å²) in [6, 6.07) is 55.7. The highest BCUT2D eigenvalue weighted by molar-refractivity contribution is 5.85. The lowest BCUT2D eigenvalue weighted by Gasteiger charge is -2.14. The number of rotatable bonds is 5. The Morgan fingerprint density at radius 3 is 1.46 bits per heavy atom. The highest BCUT2D eigenvalue weighted by Gasteiger charge is 2.15. The second-order valence-corrected chi connectivity index (χ2v) is 9.71. The molecule has 7 rings (SSSR count). The first-order valence-corrected chi connectivity index (χ1v) is 13.2. The Morgan fingerprint density at radius 1 is 0.359 bits per heavy atom. The first-order valence-electron chi connectivity index (χ1n) is 13.2. The standard InChI is InChI=1S/C37H26N2/c1-4-13-27(14-5-1)31-23-32(28-15-6-2-7-16-28)25-33(24-31)30-19-12-20-34(26-30)39-36-22-11-10-21-35(36)38-37(39)29-17-8-3-9-18-29/h1-26H. The minimum Gasteiger partial charge on any atom is -0.292 e. The van der Waals surface area contributed by atoms with Crippen LogP contribution >= 0.6 is 0 Å². The fourth-order valence-corrected chi connectivity index (χ4v) is 5.28. The zero-order valence-electron chi connectivity index (χ0n) is 21.4. The molecular formula is C37H26N2. The minimum atomic E-state index is 0.942. The molecule has 0 N–H and O–H groups in total. The minimum absolute atomic E-state index is 0.942. The zero-order valence-corrected chi connectivity index (χ0v) is 21.4. The Labute approximate surface area is 228 Å². The van der Waals surface area contributed by atoms with Crippen molar-refractivity contribution in [1.82, 2.24) is 9.55 Å². The molecule has 0 saturated heterocycles. The van der Waals surface area contributed by atoms with Crippen molar-refractivity contribution in [3.05, 3.63) is 158 Å². The molecule has 0 spiro atoms. The molecule has 0 atom stereocenters. The SMILES string of the molecule is c1ccc(-c2cc(-c3ccccc3)cc(-c3cccc(-n4c(-c5ccccc5)nc5ccccc54)c3)c2)cc1. The van der Waals surface area contributed by atoms with Gasteiger partial charge < -0.3 is 0 Å².